The van der Waals surface area contributed by atoms with Gasteiger partial charge < -0.3 is 14.6 Å². The van der Waals surface area contributed by atoms with Crippen LogP contribution in [0.5, 0.6) is 5.75 Å². The quantitative estimate of drug-likeness (QED) is 0.831. The summed E-state index contributed by atoms with van der Waals surface area (Å²) in [4.78, 5) is 11.7. The number of fused-ring (bicyclic) bond motifs is 1. The van der Waals surface area contributed by atoms with Gasteiger partial charge in [-0.25, -0.2) is 9.48 Å². The normalized spacial score (nSPS) is 12.6. The molecule has 1 heterocycles. The zero-order chi connectivity index (χ0) is 13.1. The lowest BCUT2D eigenvalue weighted by molar-refractivity contribution is -0.161. The average Bonchev–Trinajstić information content (AvgIpc) is 2.77. The number of benzene rings is 1. The van der Waals surface area contributed by atoms with Gasteiger partial charge in [-0.05, 0) is 25.1 Å². The summed E-state index contributed by atoms with van der Waals surface area (Å²) in [5.74, 6) is -0.372. The van der Waals surface area contributed by atoms with Crippen LogP contribution in [0.15, 0.2) is 24.4 Å². The van der Waals surface area contributed by atoms with Crippen molar-refractivity contribution < 1.29 is 19.4 Å². The minimum absolute atomic E-state index is 0.146. The summed E-state index contributed by atoms with van der Waals surface area (Å²) in [7, 11) is 1.30. The number of aromatic nitrogens is 2. The standard InChI is InChI=1S/C12H14N2O4/c1-3-18-11(12(16)17-2)14-10-5-4-9(15)6-8(10)7-13-14/h4-7,11,15H,3H2,1-2H3. The third-order valence-corrected chi connectivity index (χ3v) is 2.53. The minimum Gasteiger partial charge on any atom is -0.508 e. The molecule has 0 bridgehead atoms. The van der Waals surface area contributed by atoms with E-state index in [9.17, 15) is 9.90 Å². The maximum absolute atomic E-state index is 11.7. The monoisotopic (exact) mass is 250 g/mol. The van der Waals surface area contributed by atoms with Crippen LogP contribution in [0.1, 0.15) is 13.2 Å². The van der Waals surface area contributed by atoms with Crippen molar-refractivity contribution in [2.24, 2.45) is 0 Å². The Hall–Kier alpha value is -2.08. The molecule has 0 radical (unpaired) electrons. The van der Waals surface area contributed by atoms with Crippen LogP contribution >= 0.6 is 0 Å². The predicted octanol–water partition coefficient (Wildman–Crippen LogP) is 1.45. The molecule has 1 unspecified atom stereocenters. The molecule has 0 aliphatic heterocycles. The first kappa shape index (κ1) is 12.4. The van der Waals surface area contributed by atoms with Crippen molar-refractivity contribution in [3.05, 3.63) is 24.4 Å². The number of methoxy groups -OCH3 is 1. The molecule has 1 aromatic carbocycles. The average molecular weight is 250 g/mol. The zero-order valence-electron chi connectivity index (χ0n) is 10.2. The Bertz CT molecular complexity index is 564. The van der Waals surface area contributed by atoms with Gasteiger partial charge in [0.2, 0.25) is 6.23 Å². The third-order valence-electron chi connectivity index (χ3n) is 2.53. The van der Waals surface area contributed by atoms with E-state index in [2.05, 4.69) is 9.84 Å². The highest BCUT2D eigenvalue weighted by Crippen LogP contribution is 2.23. The van der Waals surface area contributed by atoms with Gasteiger partial charge in [-0.15, -0.1) is 0 Å². The number of carbonyl (C=O) groups is 1. The van der Waals surface area contributed by atoms with Gasteiger partial charge in [0.1, 0.15) is 5.75 Å². The van der Waals surface area contributed by atoms with E-state index in [0.717, 1.165) is 5.39 Å². The van der Waals surface area contributed by atoms with Crippen LogP contribution in [0.2, 0.25) is 0 Å². The number of hydrogen-bond acceptors (Lipinski definition) is 5. The number of carbonyl (C=O) groups excluding carboxylic acids is 1. The third kappa shape index (κ3) is 2.14. The molecule has 96 valence electrons. The number of phenols is 1. The fourth-order valence-electron chi connectivity index (χ4n) is 1.72. The molecule has 0 aliphatic rings. The van der Waals surface area contributed by atoms with Gasteiger partial charge in [-0.2, -0.15) is 5.10 Å². The molecule has 0 fully saturated rings. The molecule has 0 amide bonds. The Kier molecular flexibility index (Phi) is 3.47. The zero-order valence-corrected chi connectivity index (χ0v) is 10.2. The van der Waals surface area contributed by atoms with E-state index in [1.165, 1.54) is 17.9 Å². The van der Waals surface area contributed by atoms with Crippen molar-refractivity contribution in [1.29, 1.82) is 0 Å². The fourth-order valence-corrected chi connectivity index (χ4v) is 1.72. The SMILES string of the molecule is CCOC(C(=O)OC)n1ncc2cc(O)ccc21. The van der Waals surface area contributed by atoms with E-state index in [1.54, 1.807) is 25.3 Å². The number of rotatable bonds is 4. The molecule has 6 nitrogen and oxygen atoms in total. The molecule has 0 spiro atoms. The van der Waals surface area contributed by atoms with Crippen molar-refractivity contribution >= 4 is 16.9 Å². The molecule has 0 aliphatic carbocycles. The molecule has 6 heteroatoms. The molecular formula is C12H14N2O4. The molecule has 0 saturated heterocycles. The number of phenolic OH excluding ortho intramolecular Hbond substituents is 1. The Morgan fingerprint density at radius 1 is 1.56 bits per heavy atom. The van der Waals surface area contributed by atoms with Gasteiger partial charge in [0.05, 0.1) is 18.8 Å². The summed E-state index contributed by atoms with van der Waals surface area (Å²) in [6.45, 7) is 2.15. The van der Waals surface area contributed by atoms with Gasteiger partial charge in [-0.1, -0.05) is 0 Å². The summed E-state index contributed by atoms with van der Waals surface area (Å²) in [5.41, 5.74) is 0.691. The summed E-state index contributed by atoms with van der Waals surface area (Å²) in [6.07, 6.45) is 0.645. The molecule has 1 atom stereocenters. The highest BCUT2D eigenvalue weighted by atomic mass is 16.6. The maximum atomic E-state index is 11.7. The van der Waals surface area contributed by atoms with Gasteiger partial charge in [0.15, 0.2) is 0 Å². The number of hydrogen-bond donors (Lipinski definition) is 1. The number of esters is 1. The summed E-state index contributed by atoms with van der Waals surface area (Å²) < 4.78 is 11.5. The van der Waals surface area contributed by atoms with Crippen molar-refractivity contribution in [1.82, 2.24) is 9.78 Å². The minimum atomic E-state index is -0.915. The van der Waals surface area contributed by atoms with E-state index in [-0.39, 0.29) is 5.75 Å². The Morgan fingerprint density at radius 3 is 3.00 bits per heavy atom. The van der Waals surface area contributed by atoms with E-state index in [4.69, 9.17) is 4.74 Å². The van der Waals surface area contributed by atoms with Crippen LogP contribution in [0.25, 0.3) is 10.9 Å². The van der Waals surface area contributed by atoms with Crippen molar-refractivity contribution in [2.45, 2.75) is 13.2 Å². The largest absolute Gasteiger partial charge is 0.508 e. The van der Waals surface area contributed by atoms with E-state index < -0.39 is 12.2 Å². The summed E-state index contributed by atoms with van der Waals surface area (Å²) in [5, 5.41) is 14.2. The van der Waals surface area contributed by atoms with Crippen LogP contribution in [0.4, 0.5) is 0 Å². The lowest BCUT2D eigenvalue weighted by Gasteiger charge is -2.15. The van der Waals surface area contributed by atoms with E-state index in [0.29, 0.717) is 12.1 Å². The van der Waals surface area contributed by atoms with Crippen LogP contribution in [0, 0.1) is 0 Å². The van der Waals surface area contributed by atoms with Crippen molar-refractivity contribution in [3.8, 4) is 5.75 Å². The number of nitrogens with zero attached hydrogens (tertiary/aromatic N) is 2. The molecule has 0 saturated carbocycles. The fraction of sp³-hybridized carbons (Fsp3) is 0.333. The first-order valence-electron chi connectivity index (χ1n) is 5.53. The van der Waals surface area contributed by atoms with Crippen LogP contribution in [-0.2, 0) is 14.3 Å². The van der Waals surface area contributed by atoms with Gasteiger partial charge >= 0.3 is 5.97 Å². The lowest BCUT2D eigenvalue weighted by Crippen LogP contribution is -2.24. The topological polar surface area (TPSA) is 73.6 Å². The Labute approximate surface area is 104 Å². The van der Waals surface area contributed by atoms with E-state index in [1.807, 2.05) is 0 Å². The second kappa shape index (κ2) is 5.05. The van der Waals surface area contributed by atoms with Crippen LogP contribution in [-0.4, -0.2) is 34.6 Å². The Balaban J connectivity index is 2.47. The number of aromatic hydroxyl groups is 1. The van der Waals surface area contributed by atoms with Crippen molar-refractivity contribution in [3.63, 3.8) is 0 Å². The highest BCUT2D eigenvalue weighted by molar-refractivity contribution is 5.82. The lowest BCUT2D eigenvalue weighted by atomic mass is 10.2. The molecule has 2 rings (SSSR count). The molecule has 2 aromatic rings. The predicted molar refractivity (Wildman–Crippen MR) is 64.1 cm³/mol. The van der Waals surface area contributed by atoms with Gasteiger partial charge in [0.25, 0.3) is 0 Å². The van der Waals surface area contributed by atoms with E-state index >= 15 is 0 Å². The van der Waals surface area contributed by atoms with Crippen LogP contribution < -0.4 is 0 Å². The first-order chi connectivity index (χ1) is 8.67. The Morgan fingerprint density at radius 2 is 2.33 bits per heavy atom. The van der Waals surface area contributed by atoms with Gasteiger partial charge in [0, 0.05) is 12.0 Å². The maximum Gasteiger partial charge on any atom is 0.358 e. The van der Waals surface area contributed by atoms with Crippen LogP contribution in [0.3, 0.4) is 0 Å². The molecule has 1 N–H and O–H groups in total. The second-order valence-electron chi connectivity index (χ2n) is 3.66. The molecular weight excluding hydrogens is 236 g/mol. The summed E-state index contributed by atoms with van der Waals surface area (Å²) in [6, 6.07) is 4.77. The molecule has 18 heavy (non-hydrogen) atoms. The van der Waals surface area contributed by atoms with Gasteiger partial charge in [-0.3, -0.25) is 0 Å². The van der Waals surface area contributed by atoms with Crippen molar-refractivity contribution in [2.75, 3.05) is 13.7 Å². The number of ether oxygens (including phenoxy) is 2. The first-order valence-corrected chi connectivity index (χ1v) is 5.53. The highest BCUT2D eigenvalue weighted by Gasteiger charge is 2.23. The summed E-state index contributed by atoms with van der Waals surface area (Å²) >= 11 is 0. The second-order valence-corrected chi connectivity index (χ2v) is 3.66. The smallest absolute Gasteiger partial charge is 0.358 e. The molecule has 1 aromatic heterocycles.